The van der Waals surface area contributed by atoms with Gasteiger partial charge in [0.25, 0.3) is 0 Å². The zero-order valence-corrected chi connectivity index (χ0v) is 12.6. The van der Waals surface area contributed by atoms with E-state index < -0.39 is 0 Å². The molecule has 0 atom stereocenters. The van der Waals surface area contributed by atoms with Crippen molar-refractivity contribution in [2.24, 2.45) is 5.16 Å². The maximum atomic E-state index is 9.17. The standard InChI is InChI=1S/C18H19NO2/c1-18(2)11-17(19-20)15-8-7-13(10-16(15)18)12-5-4-6-14(9-12)21-3/h4-10,20H,11H2,1-3H3. The van der Waals surface area contributed by atoms with Gasteiger partial charge in [-0.05, 0) is 40.3 Å². The van der Waals surface area contributed by atoms with E-state index in [1.807, 2.05) is 24.3 Å². The Morgan fingerprint density at radius 2 is 1.86 bits per heavy atom. The van der Waals surface area contributed by atoms with Gasteiger partial charge in [-0.15, -0.1) is 0 Å². The van der Waals surface area contributed by atoms with Crippen molar-refractivity contribution >= 4 is 5.71 Å². The van der Waals surface area contributed by atoms with Crippen molar-refractivity contribution < 1.29 is 9.94 Å². The summed E-state index contributed by atoms with van der Waals surface area (Å²) in [6.45, 7) is 4.36. The predicted molar refractivity (Wildman–Crippen MR) is 84.4 cm³/mol. The third kappa shape index (κ3) is 2.29. The van der Waals surface area contributed by atoms with Crippen LogP contribution in [0.25, 0.3) is 11.1 Å². The Labute approximate surface area is 124 Å². The van der Waals surface area contributed by atoms with E-state index in [2.05, 4.69) is 37.2 Å². The van der Waals surface area contributed by atoms with Crippen LogP contribution < -0.4 is 4.74 Å². The first-order valence-corrected chi connectivity index (χ1v) is 7.05. The largest absolute Gasteiger partial charge is 0.497 e. The molecular formula is C18H19NO2. The average Bonchev–Trinajstić information content (AvgIpc) is 2.78. The SMILES string of the molecule is COc1cccc(-c2ccc3c(c2)C(C)(C)CC3=NO)c1. The van der Waals surface area contributed by atoms with Gasteiger partial charge in [0.1, 0.15) is 5.75 Å². The Hall–Kier alpha value is -2.29. The number of fused-ring (bicyclic) bond motifs is 1. The van der Waals surface area contributed by atoms with E-state index >= 15 is 0 Å². The first kappa shape index (κ1) is 13.7. The Balaban J connectivity index is 2.12. The number of rotatable bonds is 2. The van der Waals surface area contributed by atoms with Crippen molar-refractivity contribution in [1.29, 1.82) is 0 Å². The van der Waals surface area contributed by atoms with Crippen LogP contribution in [0, 0.1) is 0 Å². The van der Waals surface area contributed by atoms with Gasteiger partial charge in [-0.3, -0.25) is 0 Å². The molecule has 2 aromatic carbocycles. The summed E-state index contributed by atoms with van der Waals surface area (Å²) in [6.07, 6.45) is 0.764. The number of hydrogen-bond donors (Lipinski definition) is 1. The second-order valence-corrected chi connectivity index (χ2v) is 6.10. The first-order chi connectivity index (χ1) is 10.0. The maximum Gasteiger partial charge on any atom is 0.119 e. The van der Waals surface area contributed by atoms with E-state index in [9.17, 15) is 5.21 Å². The van der Waals surface area contributed by atoms with Crippen LogP contribution in [0.3, 0.4) is 0 Å². The molecule has 0 amide bonds. The van der Waals surface area contributed by atoms with Gasteiger partial charge >= 0.3 is 0 Å². The molecule has 0 heterocycles. The highest BCUT2D eigenvalue weighted by Gasteiger charge is 2.34. The topological polar surface area (TPSA) is 41.8 Å². The molecule has 1 aliphatic carbocycles. The smallest absolute Gasteiger partial charge is 0.119 e. The van der Waals surface area contributed by atoms with Gasteiger partial charge in [0.15, 0.2) is 0 Å². The molecule has 3 rings (SSSR count). The van der Waals surface area contributed by atoms with Gasteiger partial charge < -0.3 is 9.94 Å². The van der Waals surface area contributed by atoms with Crippen LogP contribution in [0.1, 0.15) is 31.4 Å². The fourth-order valence-corrected chi connectivity index (χ4v) is 3.04. The molecule has 0 saturated carbocycles. The first-order valence-electron chi connectivity index (χ1n) is 7.05. The normalized spacial score (nSPS) is 17.8. The van der Waals surface area contributed by atoms with E-state index in [0.29, 0.717) is 0 Å². The second-order valence-electron chi connectivity index (χ2n) is 6.10. The fourth-order valence-electron chi connectivity index (χ4n) is 3.04. The van der Waals surface area contributed by atoms with Crippen molar-refractivity contribution in [3.05, 3.63) is 53.6 Å². The van der Waals surface area contributed by atoms with Crippen LogP contribution in [0.15, 0.2) is 47.6 Å². The minimum Gasteiger partial charge on any atom is -0.497 e. The highest BCUT2D eigenvalue weighted by Crippen LogP contribution is 2.40. The van der Waals surface area contributed by atoms with Crippen LogP contribution in [0.4, 0.5) is 0 Å². The molecular weight excluding hydrogens is 262 g/mol. The Kier molecular flexibility index (Phi) is 3.20. The van der Waals surface area contributed by atoms with Crippen LogP contribution in [-0.2, 0) is 5.41 Å². The quantitative estimate of drug-likeness (QED) is 0.661. The van der Waals surface area contributed by atoms with Crippen molar-refractivity contribution in [3.8, 4) is 16.9 Å². The number of nitrogens with zero attached hydrogens (tertiary/aromatic N) is 1. The molecule has 1 aliphatic rings. The minimum atomic E-state index is -0.00816. The van der Waals surface area contributed by atoms with Crippen molar-refractivity contribution in [2.45, 2.75) is 25.7 Å². The van der Waals surface area contributed by atoms with Gasteiger partial charge in [-0.1, -0.05) is 43.3 Å². The molecule has 0 aliphatic heterocycles. The summed E-state index contributed by atoms with van der Waals surface area (Å²) in [4.78, 5) is 0. The van der Waals surface area contributed by atoms with Gasteiger partial charge in [-0.25, -0.2) is 0 Å². The summed E-state index contributed by atoms with van der Waals surface area (Å²) in [5.74, 6) is 0.852. The third-order valence-corrected chi connectivity index (χ3v) is 4.19. The van der Waals surface area contributed by atoms with E-state index in [4.69, 9.17) is 4.74 Å². The average molecular weight is 281 g/mol. The second kappa shape index (κ2) is 4.92. The van der Waals surface area contributed by atoms with Crippen molar-refractivity contribution in [2.75, 3.05) is 7.11 Å². The summed E-state index contributed by atoms with van der Waals surface area (Å²) < 4.78 is 5.29. The molecule has 0 saturated heterocycles. The van der Waals surface area contributed by atoms with Crippen molar-refractivity contribution in [1.82, 2.24) is 0 Å². The van der Waals surface area contributed by atoms with E-state index in [0.717, 1.165) is 34.6 Å². The van der Waals surface area contributed by atoms with Crippen LogP contribution in [0.2, 0.25) is 0 Å². The third-order valence-electron chi connectivity index (χ3n) is 4.19. The lowest BCUT2D eigenvalue weighted by atomic mass is 9.85. The maximum absolute atomic E-state index is 9.17. The molecule has 0 fully saturated rings. The van der Waals surface area contributed by atoms with Crippen LogP contribution >= 0.6 is 0 Å². The molecule has 108 valence electrons. The summed E-state index contributed by atoms with van der Waals surface area (Å²) in [7, 11) is 1.68. The molecule has 0 unspecified atom stereocenters. The number of ether oxygens (including phenoxy) is 1. The molecule has 2 aromatic rings. The zero-order valence-electron chi connectivity index (χ0n) is 12.6. The summed E-state index contributed by atoms with van der Waals surface area (Å²) in [5, 5.41) is 12.6. The molecule has 0 radical (unpaired) electrons. The molecule has 0 bridgehead atoms. The highest BCUT2D eigenvalue weighted by atomic mass is 16.5. The number of benzene rings is 2. The van der Waals surface area contributed by atoms with Gasteiger partial charge in [0, 0.05) is 12.0 Å². The van der Waals surface area contributed by atoms with Crippen LogP contribution in [0.5, 0.6) is 5.75 Å². The molecule has 21 heavy (non-hydrogen) atoms. The lowest BCUT2D eigenvalue weighted by molar-refractivity contribution is 0.317. The Morgan fingerprint density at radius 3 is 2.57 bits per heavy atom. The van der Waals surface area contributed by atoms with Crippen molar-refractivity contribution in [3.63, 3.8) is 0 Å². The summed E-state index contributed by atoms with van der Waals surface area (Å²) in [6, 6.07) is 14.4. The van der Waals surface area contributed by atoms with Gasteiger partial charge in [0.05, 0.1) is 12.8 Å². The molecule has 0 spiro atoms. The Morgan fingerprint density at radius 1 is 1.10 bits per heavy atom. The van der Waals surface area contributed by atoms with E-state index in [1.54, 1.807) is 7.11 Å². The number of methoxy groups -OCH3 is 1. The van der Waals surface area contributed by atoms with Gasteiger partial charge in [0.2, 0.25) is 0 Å². The Bertz CT molecular complexity index is 717. The summed E-state index contributed by atoms with van der Waals surface area (Å²) in [5.41, 5.74) is 5.32. The molecule has 1 N–H and O–H groups in total. The molecule has 3 heteroatoms. The lowest BCUT2D eigenvalue weighted by Gasteiger charge is -2.19. The molecule has 0 aromatic heterocycles. The monoisotopic (exact) mass is 281 g/mol. The lowest BCUT2D eigenvalue weighted by Crippen LogP contribution is -2.12. The van der Waals surface area contributed by atoms with Gasteiger partial charge in [-0.2, -0.15) is 0 Å². The zero-order chi connectivity index (χ0) is 15.0. The predicted octanol–water partition coefficient (Wildman–Crippen LogP) is 4.22. The van der Waals surface area contributed by atoms with Crippen LogP contribution in [-0.4, -0.2) is 18.0 Å². The highest BCUT2D eigenvalue weighted by molar-refractivity contribution is 6.06. The number of oxime groups is 1. The van der Waals surface area contributed by atoms with E-state index in [-0.39, 0.29) is 5.41 Å². The van der Waals surface area contributed by atoms with E-state index in [1.165, 1.54) is 5.56 Å². The minimum absolute atomic E-state index is 0.00816. The molecule has 3 nitrogen and oxygen atoms in total. The number of hydrogen-bond acceptors (Lipinski definition) is 3. The summed E-state index contributed by atoms with van der Waals surface area (Å²) >= 11 is 0. The fraction of sp³-hybridized carbons (Fsp3) is 0.278.